The third kappa shape index (κ3) is 8.82. The summed E-state index contributed by atoms with van der Waals surface area (Å²) in [5, 5.41) is 10.5. The SMILES string of the molecule is COC(=O)CCC/C=C\CN1C(=O)CC[C@@H]1/C=C/[C@@H](O)[C@@H](C)CC#Cc1ccccc1. The summed E-state index contributed by atoms with van der Waals surface area (Å²) in [6.07, 6.45) is 10.9. The summed E-state index contributed by atoms with van der Waals surface area (Å²) in [5.41, 5.74) is 0.971. The fourth-order valence-corrected chi connectivity index (χ4v) is 3.35. The summed E-state index contributed by atoms with van der Waals surface area (Å²) < 4.78 is 4.62. The highest BCUT2D eigenvalue weighted by atomic mass is 16.5. The maximum Gasteiger partial charge on any atom is 0.305 e. The molecule has 31 heavy (non-hydrogen) atoms. The van der Waals surface area contributed by atoms with Crippen LogP contribution in [0.15, 0.2) is 54.6 Å². The topological polar surface area (TPSA) is 66.8 Å². The molecule has 0 saturated carbocycles. The lowest BCUT2D eigenvalue weighted by Gasteiger charge is -2.21. The van der Waals surface area contributed by atoms with E-state index in [1.807, 2.05) is 60.4 Å². The van der Waals surface area contributed by atoms with E-state index >= 15 is 0 Å². The number of ether oxygens (including phenoxy) is 1. The Kier molecular flexibility index (Phi) is 10.6. The number of likely N-dealkylation sites (tertiary alicyclic amines) is 1. The zero-order valence-corrected chi connectivity index (χ0v) is 18.5. The number of rotatable bonds is 10. The Bertz CT molecular complexity index is 819. The highest BCUT2D eigenvalue weighted by Crippen LogP contribution is 2.21. The Labute approximate surface area is 185 Å². The number of amides is 1. The molecular weight excluding hydrogens is 390 g/mol. The molecule has 5 heteroatoms. The van der Waals surface area contributed by atoms with Gasteiger partial charge < -0.3 is 14.7 Å². The quantitative estimate of drug-likeness (QED) is 0.268. The van der Waals surface area contributed by atoms with E-state index in [0.717, 1.165) is 24.8 Å². The minimum Gasteiger partial charge on any atom is -0.469 e. The van der Waals surface area contributed by atoms with E-state index in [-0.39, 0.29) is 23.8 Å². The zero-order chi connectivity index (χ0) is 22.5. The predicted molar refractivity (Wildman–Crippen MR) is 122 cm³/mol. The first-order chi connectivity index (χ1) is 15.0. The second-order valence-corrected chi connectivity index (χ2v) is 7.82. The molecule has 5 nitrogen and oxygen atoms in total. The van der Waals surface area contributed by atoms with Gasteiger partial charge in [-0.2, -0.15) is 0 Å². The van der Waals surface area contributed by atoms with E-state index in [2.05, 4.69) is 16.6 Å². The number of esters is 1. The van der Waals surface area contributed by atoms with Crippen LogP contribution in [0.2, 0.25) is 0 Å². The van der Waals surface area contributed by atoms with Crippen molar-refractivity contribution in [1.82, 2.24) is 4.90 Å². The fourth-order valence-electron chi connectivity index (χ4n) is 3.35. The van der Waals surface area contributed by atoms with Gasteiger partial charge >= 0.3 is 5.97 Å². The zero-order valence-electron chi connectivity index (χ0n) is 18.5. The van der Waals surface area contributed by atoms with Gasteiger partial charge in [-0.15, -0.1) is 0 Å². The van der Waals surface area contributed by atoms with E-state index < -0.39 is 6.10 Å². The molecule has 0 bridgehead atoms. The average molecular weight is 424 g/mol. The van der Waals surface area contributed by atoms with E-state index in [0.29, 0.717) is 25.8 Å². The van der Waals surface area contributed by atoms with Gasteiger partial charge in [0.25, 0.3) is 0 Å². The summed E-state index contributed by atoms with van der Waals surface area (Å²) >= 11 is 0. The van der Waals surface area contributed by atoms with Crippen molar-refractivity contribution < 1.29 is 19.4 Å². The number of unbranched alkanes of at least 4 members (excludes halogenated alkanes) is 1. The van der Waals surface area contributed by atoms with Crippen LogP contribution in [0.1, 0.15) is 51.0 Å². The smallest absolute Gasteiger partial charge is 0.305 e. The van der Waals surface area contributed by atoms with Crippen molar-refractivity contribution in [2.75, 3.05) is 13.7 Å². The molecule has 1 N–H and O–H groups in total. The summed E-state index contributed by atoms with van der Waals surface area (Å²) in [5.74, 6) is 6.19. The number of aliphatic hydroxyl groups is 1. The lowest BCUT2D eigenvalue weighted by molar-refractivity contribution is -0.140. The second kappa shape index (κ2) is 13.5. The van der Waals surface area contributed by atoms with Crippen LogP contribution < -0.4 is 0 Å². The lowest BCUT2D eigenvalue weighted by Crippen LogP contribution is -2.32. The van der Waals surface area contributed by atoms with Crippen LogP contribution in [0.4, 0.5) is 0 Å². The first kappa shape index (κ1) is 24.4. The average Bonchev–Trinajstić information content (AvgIpc) is 3.14. The van der Waals surface area contributed by atoms with Gasteiger partial charge in [-0.3, -0.25) is 9.59 Å². The van der Waals surface area contributed by atoms with Crippen LogP contribution in [0.5, 0.6) is 0 Å². The molecule has 0 aromatic heterocycles. The number of carbonyl (C=O) groups excluding carboxylic acids is 2. The molecule has 2 rings (SSSR count). The van der Waals surface area contributed by atoms with Crippen molar-refractivity contribution in [2.45, 2.75) is 57.6 Å². The Morgan fingerprint density at radius 2 is 2.10 bits per heavy atom. The van der Waals surface area contributed by atoms with Gasteiger partial charge in [-0.1, -0.05) is 61.3 Å². The fraction of sp³-hybridized carbons (Fsp3) is 0.462. The summed E-state index contributed by atoms with van der Waals surface area (Å²) in [4.78, 5) is 25.1. The Morgan fingerprint density at radius 3 is 2.84 bits per heavy atom. The molecule has 3 atom stereocenters. The normalized spacial score (nSPS) is 18.2. The largest absolute Gasteiger partial charge is 0.469 e. The molecule has 0 aliphatic carbocycles. The standard InChI is InChI=1S/C26H33NO4/c1-21(11-10-14-22-12-6-5-7-13-22)24(28)18-16-23-17-19-25(29)27(23)20-9-4-3-8-15-26(30)31-2/h4-7,9,12-13,16,18,21,23-24,28H,3,8,11,15,17,19-20H2,1-2H3/b9-4-,18-16+/t21-,23-,24+/m0/s1. The Balaban J connectivity index is 1.79. The number of carbonyl (C=O) groups is 2. The minimum absolute atomic E-state index is 0.00414. The van der Waals surface area contributed by atoms with Gasteiger partial charge in [0.15, 0.2) is 0 Å². The predicted octanol–water partition coefficient (Wildman–Crippen LogP) is 3.87. The van der Waals surface area contributed by atoms with E-state index in [1.165, 1.54) is 7.11 Å². The van der Waals surface area contributed by atoms with Crippen LogP contribution in [0.3, 0.4) is 0 Å². The van der Waals surface area contributed by atoms with Gasteiger partial charge in [-0.05, 0) is 37.3 Å². The number of benzene rings is 1. The van der Waals surface area contributed by atoms with Gasteiger partial charge in [-0.25, -0.2) is 0 Å². The number of hydrogen-bond donors (Lipinski definition) is 1. The van der Waals surface area contributed by atoms with Crippen molar-refractivity contribution in [1.29, 1.82) is 0 Å². The Morgan fingerprint density at radius 1 is 1.32 bits per heavy atom. The van der Waals surface area contributed by atoms with Crippen LogP contribution in [0, 0.1) is 17.8 Å². The third-order valence-corrected chi connectivity index (χ3v) is 5.37. The molecule has 0 radical (unpaired) electrons. The van der Waals surface area contributed by atoms with Crippen LogP contribution >= 0.6 is 0 Å². The highest BCUT2D eigenvalue weighted by Gasteiger charge is 2.28. The molecule has 1 amide bonds. The molecule has 1 aromatic rings. The van der Waals surface area contributed by atoms with Crippen molar-refractivity contribution in [2.24, 2.45) is 5.92 Å². The molecule has 0 unspecified atom stereocenters. The highest BCUT2D eigenvalue weighted by molar-refractivity contribution is 5.79. The molecule has 1 aromatic carbocycles. The summed E-state index contributed by atoms with van der Waals surface area (Å²) in [6.45, 7) is 2.52. The van der Waals surface area contributed by atoms with Crippen LogP contribution in [-0.2, 0) is 14.3 Å². The number of nitrogens with zero attached hydrogens (tertiary/aromatic N) is 1. The van der Waals surface area contributed by atoms with Crippen LogP contribution in [-0.4, -0.2) is 47.7 Å². The molecule has 1 aliphatic rings. The van der Waals surface area contributed by atoms with Gasteiger partial charge in [0.1, 0.15) is 0 Å². The van der Waals surface area contributed by atoms with Gasteiger partial charge in [0.2, 0.25) is 5.91 Å². The molecule has 0 spiro atoms. The number of aliphatic hydroxyl groups excluding tert-OH is 1. The summed E-state index contributed by atoms with van der Waals surface area (Å²) in [7, 11) is 1.39. The molecule has 1 aliphatic heterocycles. The molecule has 1 saturated heterocycles. The number of hydrogen-bond acceptors (Lipinski definition) is 4. The summed E-state index contributed by atoms with van der Waals surface area (Å²) in [6, 6.07) is 9.81. The molecule has 1 heterocycles. The molecular formula is C26H33NO4. The van der Waals surface area contributed by atoms with Gasteiger partial charge in [0, 0.05) is 31.4 Å². The third-order valence-electron chi connectivity index (χ3n) is 5.37. The van der Waals surface area contributed by atoms with E-state index in [4.69, 9.17) is 0 Å². The second-order valence-electron chi connectivity index (χ2n) is 7.82. The lowest BCUT2D eigenvalue weighted by atomic mass is 9.99. The van der Waals surface area contributed by atoms with Crippen molar-refractivity contribution in [3.63, 3.8) is 0 Å². The first-order valence-corrected chi connectivity index (χ1v) is 10.9. The van der Waals surface area contributed by atoms with Crippen molar-refractivity contribution in [3.05, 3.63) is 60.2 Å². The van der Waals surface area contributed by atoms with Gasteiger partial charge in [0.05, 0.1) is 19.3 Å². The maximum atomic E-state index is 12.2. The molecule has 1 fully saturated rings. The van der Waals surface area contributed by atoms with Crippen molar-refractivity contribution >= 4 is 11.9 Å². The monoisotopic (exact) mass is 423 g/mol. The first-order valence-electron chi connectivity index (χ1n) is 10.9. The number of methoxy groups -OCH3 is 1. The maximum absolute atomic E-state index is 12.2. The Hall–Kier alpha value is -2.84. The van der Waals surface area contributed by atoms with Crippen molar-refractivity contribution in [3.8, 4) is 11.8 Å². The van der Waals surface area contributed by atoms with E-state index in [9.17, 15) is 14.7 Å². The van der Waals surface area contributed by atoms with E-state index in [1.54, 1.807) is 6.08 Å². The minimum atomic E-state index is -0.600. The number of allylic oxidation sites excluding steroid dienone is 1. The van der Waals surface area contributed by atoms with Crippen LogP contribution in [0.25, 0.3) is 0 Å². The molecule has 166 valence electrons.